The predicted molar refractivity (Wildman–Crippen MR) is 50.8 cm³/mol. The van der Waals surface area contributed by atoms with Crippen molar-refractivity contribution in [2.75, 3.05) is 5.75 Å². The van der Waals surface area contributed by atoms with Crippen LogP contribution in [0.1, 0.15) is 18.9 Å². The first-order chi connectivity index (χ1) is 5.72. The van der Waals surface area contributed by atoms with Crippen LogP contribution in [-0.4, -0.2) is 5.75 Å². The van der Waals surface area contributed by atoms with Crippen molar-refractivity contribution < 1.29 is 4.39 Å². The van der Waals surface area contributed by atoms with Crippen LogP contribution in [0.15, 0.2) is 24.3 Å². The van der Waals surface area contributed by atoms with Crippen molar-refractivity contribution in [3.05, 3.63) is 35.6 Å². The predicted octanol–water partition coefficient (Wildman–Crippen LogP) is 3.18. The molecule has 1 aliphatic heterocycles. The Morgan fingerprint density at radius 1 is 1.42 bits per heavy atom. The van der Waals surface area contributed by atoms with Gasteiger partial charge in [0.1, 0.15) is 5.82 Å². The Bertz CT molecular complexity index is 292. The van der Waals surface area contributed by atoms with E-state index in [0.717, 1.165) is 17.7 Å². The summed E-state index contributed by atoms with van der Waals surface area (Å²) in [4.78, 5) is 0. The molecule has 0 bridgehead atoms. The molecule has 0 saturated carbocycles. The van der Waals surface area contributed by atoms with Gasteiger partial charge in [-0.2, -0.15) is 11.8 Å². The van der Waals surface area contributed by atoms with Gasteiger partial charge in [0.2, 0.25) is 0 Å². The fourth-order valence-electron chi connectivity index (χ4n) is 1.51. The molecule has 0 radical (unpaired) electrons. The molecule has 0 spiro atoms. The van der Waals surface area contributed by atoms with Gasteiger partial charge in [0.15, 0.2) is 0 Å². The highest BCUT2D eigenvalue weighted by Crippen LogP contribution is 2.49. The van der Waals surface area contributed by atoms with E-state index in [1.807, 2.05) is 23.9 Å². The molecule has 1 unspecified atom stereocenters. The third kappa shape index (κ3) is 1.14. The number of hydrogen-bond donors (Lipinski definition) is 0. The van der Waals surface area contributed by atoms with Crippen molar-refractivity contribution in [1.29, 1.82) is 0 Å². The standard InChI is InChI=1S/C10H11FS/c1-10(6-7-12-10)8-4-2-3-5-9(8)11/h2-5H,6-7H2,1H3. The molecule has 1 aliphatic rings. The maximum absolute atomic E-state index is 13.3. The summed E-state index contributed by atoms with van der Waals surface area (Å²) in [6, 6.07) is 7.08. The first-order valence-corrected chi connectivity index (χ1v) is 5.10. The zero-order valence-corrected chi connectivity index (χ0v) is 7.83. The van der Waals surface area contributed by atoms with Gasteiger partial charge in [0.25, 0.3) is 0 Å². The van der Waals surface area contributed by atoms with E-state index < -0.39 is 0 Å². The average Bonchev–Trinajstić information content (AvgIpc) is 2.01. The van der Waals surface area contributed by atoms with E-state index in [4.69, 9.17) is 0 Å². The van der Waals surface area contributed by atoms with Crippen LogP contribution in [0.2, 0.25) is 0 Å². The van der Waals surface area contributed by atoms with Crippen molar-refractivity contribution >= 4 is 11.8 Å². The van der Waals surface area contributed by atoms with Gasteiger partial charge in [-0.15, -0.1) is 0 Å². The highest BCUT2D eigenvalue weighted by Gasteiger charge is 2.36. The number of hydrogen-bond acceptors (Lipinski definition) is 1. The molecule has 0 N–H and O–H groups in total. The molecule has 1 aromatic carbocycles. The summed E-state index contributed by atoms with van der Waals surface area (Å²) in [7, 11) is 0. The van der Waals surface area contributed by atoms with Gasteiger partial charge in [-0.05, 0) is 25.2 Å². The monoisotopic (exact) mass is 182 g/mol. The second-order valence-corrected chi connectivity index (χ2v) is 4.91. The van der Waals surface area contributed by atoms with E-state index in [0.29, 0.717) is 0 Å². The summed E-state index contributed by atoms with van der Waals surface area (Å²) in [5.41, 5.74) is 0.862. The van der Waals surface area contributed by atoms with E-state index in [2.05, 4.69) is 6.92 Å². The lowest BCUT2D eigenvalue weighted by molar-refractivity contribution is 0.547. The van der Waals surface area contributed by atoms with Crippen molar-refractivity contribution in [3.8, 4) is 0 Å². The normalized spacial score (nSPS) is 28.2. The Hall–Kier alpha value is -0.500. The number of thioether (sulfide) groups is 1. The Morgan fingerprint density at radius 3 is 2.58 bits per heavy atom. The number of benzene rings is 1. The summed E-state index contributed by atoms with van der Waals surface area (Å²) in [5.74, 6) is 1.09. The molecule has 0 aliphatic carbocycles. The maximum atomic E-state index is 13.3. The van der Waals surface area contributed by atoms with Crippen molar-refractivity contribution in [1.82, 2.24) is 0 Å². The van der Waals surface area contributed by atoms with Crippen LogP contribution in [0, 0.1) is 5.82 Å². The molecule has 1 atom stereocenters. The molecule has 0 amide bonds. The van der Waals surface area contributed by atoms with Gasteiger partial charge in [-0.3, -0.25) is 0 Å². The van der Waals surface area contributed by atoms with Crippen LogP contribution in [0.4, 0.5) is 4.39 Å². The van der Waals surface area contributed by atoms with Gasteiger partial charge in [-0.1, -0.05) is 18.2 Å². The van der Waals surface area contributed by atoms with Crippen LogP contribution < -0.4 is 0 Å². The van der Waals surface area contributed by atoms with Gasteiger partial charge < -0.3 is 0 Å². The number of halogens is 1. The minimum absolute atomic E-state index is 0.0470. The van der Waals surface area contributed by atoms with E-state index in [-0.39, 0.29) is 10.6 Å². The average molecular weight is 182 g/mol. The smallest absolute Gasteiger partial charge is 0.127 e. The van der Waals surface area contributed by atoms with Crippen molar-refractivity contribution in [2.45, 2.75) is 18.1 Å². The van der Waals surface area contributed by atoms with Crippen LogP contribution in [0.3, 0.4) is 0 Å². The molecular formula is C10H11FS. The molecule has 0 nitrogen and oxygen atoms in total. The molecule has 2 rings (SSSR count). The van der Waals surface area contributed by atoms with Crippen molar-refractivity contribution in [2.24, 2.45) is 0 Å². The maximum Gasteiger partial charge on any atom is 0.127 e. The van der Waals surface area contributed by atoms with Gasteiger partial charge in [0, 0.05) is 10.3 Å². The third-order valence-corrected chi connectivity index (χ3v) is 3.91. The summed E-state index contributed by atoms with van der Waals surface area (Å²) in [6.07, 6.45) is 1.10. The summed E-state index contributed by atoms with van der Waals surface area (Å²) in [6.45, 7) is 2.11. The second kappa shape index (κ2) is 2.77. The Morgan fingerprint density at radius 2 is 2.08 bits per heavy atom. The highest BCUT2D eigenvalue weighted by molar-refractivity contribution is 8.01. The fourth-order valence-corrected chi connectivity index (χ4v) is 2.65. The third-order valence-electron chi connectivity index (χ3n) is 2.44. The van der Waals surface area contributed by atoms with E-state index in [9.17, 15) is 4.39 Å². The van der Waals surface area contributed by atoms with Gasteiger partial charge in [0.05, 0.1) is 0 Å². The Balaban J connectivity index is 2.39. The van der Waals surface area contributed by atoms with Gasteiger partial charge >= 0.3 is 0 Å². The van der Waals surface area contributed by atoms with Crippen LogP contribution in [0.5, 0.6) is 0 Å². The lowest BCUT2D eigenvalue weighted by atomic mass is 9.96. The zero-order chi connectivity index (χ0) is 8.60. The van der Waals surface area contributed by atoms with Crippen LogP contribution >= 0.6 is 11.8 Å². The van der Waals surface area contributed by atoms with Gasteiger partial charge in [-0.25, -0.2) is 4.39 Å². The molecule has 0 aromatic heterocycles. The van der Waals surface area contributed by atoms with Crippen molar-refractivity contribution in [3.63, 3.8) is 0 Å². The largest absolute Gasteiger partial charge is 0.207 e. The first-order valence-electron chi connectivity index (χ1n) is 4.11. The van der Waals surface area contributed by atoms with Crippen LogP contribution in [0.25, 0.3) is 0 Å². The zero-order valence-electron chi connectivity index (χ0n) is 7.01. The summed E-state index contributed by atoms with van der Waals surface area (Å²) >= 11 is 1.83. The SMILES string of the molecule is CC1(c2ccccc2F)CCS1. The lowest BCUT2D eigenvalue weighted by Gasteiger charge is -2.38. The van der Waals surface area contributed by atoms with E-state index in [1.54, 1.807) is 12.1 Å². The minimum atomic E-state index is -0.0628. The molecule has 1 aromatic rings. The Labute approximate surface area is 76.2 Å². The molecule has 1 heterocycles. The molecule has 2 heteroatoms. The van der Waals surface area contributed by atoms with E-state index in [1.165, 1.54) is 0 Å². The quantitative estimate of drug-likeness (QED) is 0.642. The molecule has 1 fully saturated rings. The second-order valence-electron chi connectivity index (χ2n) is 3.31. The highest BCUT2D eigenvalue weighted by atomic mass is 32.2. The summed E-state index contributed by atoms with van der Waals surface area (Å²) < 4.78 is 13.3. The lowest BCUT2D eigenvalue weighted by Crippen LogP contribution is -2.28. The molecule has 64 valence electrons. The number of rotatable bonds is 1. The van der Waals surface area contributed by atoms with Crippen LogP contribution in [-0.2, 0) is 4.75 Å². The Kier molecular flexibility index (Phi) is 1.87. The molecule has 12 heavy (non-hydrogen) atoms. The molecular weight excluding hydrogens is 171 g/mol. The molecule has 1 saturated heterocycles. The van der Waals surface area contributed by atoms with E-state index >= 15 is 0 Å². The topological polar surface area (TPSA) is 0 Å². The minimum Gasteiger partial charge on any atom is -0.207 e. The first kappa shape index (κ1) is 8.11. The fraction of sp³-hybridized carbons (Fsp3) is 0.400. The summed E-state index contributed by atoms with van der Waals surface area (Å²) in [5, 5.41) is 0.